The van der Waals surface area contributed by atoms with E-state index in [1.165, 1.54) is 29.0 Å². The van der Waals surface area contributed by atoms with Crippen molar-refractivity contribution in [2.24, 2.45) is 0 Å². The Labute approximate surface area is 167 Å². The van der Waals surface area contributed by atoms with Gasteiger partial charge in [0.1, 0.15) is 23.7 Å². The number of hydrogen-bond acceptors (Lipinski definition) is 6. The Hall–Kier alpha value is -3.39. The summed E-state index contributed by atoms with van der Waals surface area (Å²) in [6.45, 7) is -0.197. The molecular formula is C20H18N2O5S. The first-order valence-corrected chi connectivity index (χ1v) is 8.73. The van der Waals surface area contributed by atoms with Crippen LogP contribution in [0.3, 0.4) is 0 Å². The van der Waals surface area contributed by atoms with Gasteiger partial charge in [-0.05, 0) is 60.3 Å². The lowest BCUT2D eigenvalue weighted by Gasteiger charge is -2.19. The average molecular weight is 398 g/mol. The molecule has 2 aromatic carbocycles. The van der Waals surface area contributed by atoms with Crippen LogP contribution in [-0.2, 0) is 14.3 Å². The molecule has 1 aliphatic rings. The second kappa shape index (κ2) is 8.10. The molecule has 0 aliphatic carbocycles. The molecule has 0 spiro atoms. The molecule has 0 atom stereocenters. The van der Waals surface area contributed by atoms with Crippen molar-refractivity contribution in [2.45, 2.75) is 0 Å². The number of nitrogens with zero attached hydrogens (tertiary/aromatic N) is 2. The van der Waals surface area contributed by atoms with E-state index in [1.807, 2.05) is 0 Å². The summed E-state index contributed by atoms with van der Waals surface area (Å²) in [6.07, 6.45) is 1.61. The normalized spacial score (nSPS) is 15.3. The van der Waals surface area contributed by atoms with Crippen LogP contribution >= 0.6 is 12.2 Å². The lowest BCUT2D eigenvalue weighted by atomic mass is 10.1. The first-order chi connectivity index (χ1) is 13.4. The van der Waals surface area contributed by atoms with Crippen molar-refractivity contribution in [1.82, 2.24) is 4.90 Å². The Balaban J connectivity index is 2.01. The third-order valence-corrected chi connectivity index (χ3v) is 4.58. The number of carbonyl (C=O) groups excluding carboxylic acids is 2. The maximum absolute atomic E-state index is 13.1. The van der Waals surface area contributed by atoms with Gasteiger partial charge in [-0.3, -0.25) is 14.5 Å². The minimum Gasteiger partial charge on any atom is -0.508 e. The topological polar surface area (TPSA) is 79.3 Å². The zero-order valence-electron chi connectivity index (χ0n) is 15.3. The number of aromatic hydroxyl groups is 1. The van der Waals surface area contributed by atoms with E-state index in [-0.39, 0.29) is 29.0 Å². The molecule has 0 unspecified atom stereocenters. The van der Waals surface area contributed by atoms with Gasteiger partial charge in [0.2, 0.25) is 0 Å². The van der Waals surface area contributed by atoms with Gasteiger partial charge in [0.25, 0.3) is 5.91 Å². The molecular weight excluding hydrogens is 380 g/mol. The molecule has 0 radical (unpaired) electrons. The highest BCUT2D eigenvalue weighted by Gasteiger charge is 2.40. The number of phenols is 1. The smallest absolute Gasteiger partial charge is 0.325 e. The lowest BCUT2D eigenvalue weighted by molar-refractivity contribution is -0.140. The molecule has 0 aromatic heterocycles. The van der Waals surface area contributed by atoms with Crippen LogP contribution in [-0.4, -0.2) is 47.8 Å². The second-order valence-electron chi connectivity index (χ2n) is 5.90. The third kappa shape index (κ3) is 3.81. The van der Waals surface area contributed by atoms with Crippen molar-refractivity contribution < 1.29 is 24.2 Å². The Morgan fingerprint density at radius 2 is 1.75 bits per heavy atom. The molecule has 1 aliphatic heterocycles. The van der Waals surface area contributed by atoms with Crippen LogP contribution < -0.4 is 9.64 Å². The SMILES string of the molecule is COC(=O)CN1C(=S)N(c2ccc(OC)cc2)C(=O)/C1=C/c1ccc(O)cc1. The Kier molecular flexibility index (Phi) is 5.60. The van der Waals surface area contributed by atoms with Crippen molar-refractivity contribution in [1.29, 1.82) is 0 Å². The number of esters is 1. The predicted octanol–water partition coefficient (Wildman–Crippen LogP) is 2.55. The number of benzene rings is 2. The molecule has 0 bridgehead atoms. The summed E-state index contributed by atoms with van der Waals surface area (Å²) >= 11 is 5.47. The van der Waals surface area contributed by atoms with E-state index in [4.69, 9.17) is 21.7 Å². The standard InChI is InChI=1S/C20H18N2O5S/c1-26-16-9-5-14(6-10-16)22-19(25)17(11-13-3-7-15(23)8-4-13)21(20(22)28)12-18(24)27-2/h3-11,23H,12H2,1-2H3/b17-11-. The highest BCUT2D eigenvalue weighted by Crippen LogP contribution is 2.30. The fraction of sp³-hybridized carbons (Fsp3) is 0.150. The molecule has 144 valence electrons. The van der Waals surface area contributed by atoms with Crippen LogP contribution in [0.25, 0.3) is 6.08 Å². The highest BCUT2D eigenvalue weighted by atomic mass is 32.1. The molecule has 8 heteroatoms. The largest absolute Gasteiger partial charge is 0.508 e. The van der Waals surface area contributed by atoms with Crippen molar-refractivity contribution in [2.75, 3.05) is 25.7 Å². The molecule has 28 heavy (non-hydrogen) atoms. The van der Waals surface area contributed by atoms with Gasteiger partial charge in [-0.15, -0.1) is 0 Å². The molecule has 1 fully saturated rings. The van der Waals surface area contributed by atoms with Gasteiger partial charge < -0.3 is 19.5 Å². The molecule has 1 N–H and O–H groups in total. The molecule has 1 saturated heterocycles. The summed E-state index contributed by atoms with van der Waals surface area (Å²) in [5.74, 6) is -0.134. The Bertz CT molecular complexity index is 938. The Morgan fingerprint density at radius 1 is 1.11 bits per heavy atom. The van der Waals surface area contributed by atoms with E-state index < -0.39 is 5.97 Å². The van der Waals surface area contributed by atoms with E-state index in [0.717, 1.165) is 0 Å². The van der Waals surface area contributed by atoms with Crippen LogP contribution in [0.1, 0.15) is 5.56 Å². The zero-order valence-corrected chi connectivity index (χ0v) is 16.1. The van der Waals surface area contributed by atoms with Gasteiger partial charge in [-0.25, -0.2) is 0 Å². The minimum absolute atomic E-state index is 0.113. The quantitative estimate of drug-likeness (QED) is 0.471. The number of ether oxygens (including phenoxy) is 2. The summed E-state index contributed by atoms with van der Waals surface area (Å²) in [6, 6.07) is 13.2. The van der Waals surface area contributed by atoms with Crippen LogP contribution in [0.5, 0.6) is 11.5 Å². The molecule has 3 rings (SSSR count). The van der Waals surface area contributed by atoms with E-state index in [9.17, 15) is 14.7 Å². The van der Waals surface area contributed by atoms with E-state index in [0.29, 0.717) is 17.0 Å². The zero-order chi connectivity index (χ0) is 20.3. The van der Waals surface area contributed by atoms with Crippen LogP contribution in [0.2, 0.25) is 0 Å². The predicted molar refractivity (Wildman–Crippen MR) is 108 cm³/mol. The van der Waals surface area contributed by atoms with Crippen LogP contribution in [0.4, 0.5) is 5.69 Å². The summed E-state index contributed by atoms with van der Waals surface area (Å²) in [5, 5.41) is 9.62. The number of hydrogen-bond donors (Lipinski definition) is 1. The summed E-state index contributed by atoms with van der Waals surface area (Å²) in [4.78, 5) is 27.8. The summed E-state index contributed by atoms with van der Waals surface area (Å²) in [7, 11) is 2.82. The average Bonchev–Trinajstić information content (AvgIpc) is 2.93. The summed E-state index contributed by atoms with van der Waals surface area (Å²) < 4.78 is 9.88. The number of phenolic OH excluding ortho intramolecular Hbond substituents is 1. The van der Waals surface area contributed by atoms with Crippen molar-refractivity contribution >= 4 is 41.0 Å². The Morgan fingerprint density at radius 3 is 2.32 bits per heavy atom. The third-order valence-electron chi connectivity index (χ3n) is 4.18. The fourth-order valence-electron chi connectivity index (χ4n) is 2.71. The second-order valence-corrected chi connectivity index (χ2v) is 6.27. The minimum atomic E-state index is -0.525. The monoisotopic (exact) mass is 398 g/mol. The number of rotatable bonds is 5. The van der Waals surface area contributed by atoms with Gasteiger partial charge in [-0.2, -0.15) is 0 Å². The van der Waals surface area contributed by atoms with Gasteiger partial charge in [0, 0.05) is 0 Å². The van der Waals surface area contributed by atoms with E-state index in [2.05, 4.69) is 0 Å². The number of amides is 1. The number of carbonyl (C=O) groups is 2. The molecule has 1 heterocycles. The molecule has 0 saturated carbocycles. The number of anilines is 1. The maximum Gasteiger partial charge on any atom is 0.325 e. The van der Waals surface area contributed by atoms with Crippen LogP contribution in [0, 0.1) is 0 Å². The van der Waals surface area contributed by atoms with E-state index in [1.54, 1.807) is 49.6 Å². The van der Waals surface area contributed by atoms with Gasteiger partial charge in [0.15, 0.2) is 5.11 Å². The fourth-order valence-corrected chi connectivity index (χ4v) is 3.07. The highest BCUT2D eigenvalue weighted by molar-refractivity contribution is 7.80. The molecule has 2 aromatic rings. The van der Waals surface area contributed by atoms with Crippen molar-refractivity contribution in [3.05, 3.63) is 59.8 Å². The van der Waals surface area contributed by atoms with Crippen molar-refractivity contribution in [3.8, 4) is 11.5 Å². The molecule has 1 amide bonds. The first-order valence-electron chi connectivity index (χ1n) is 8.32. The first kappa shape index (κ1) is 19.4. The van der Waals surface area contributed by atoms with Gasteiger partial charge in [-0.1, -0.05) is 12.1 Å². The summed E-state index contributed by atoms with van der Waals surface area (Å²) in [5.41, 5.74) is 1.46. The number of methoxy groups -OCH3 is 2. The lowest BCUT2D eigenvalue weighted by Crippen LogP contribution is -2.35. The number of thiocarbonyl (C=S) groups is 1. The van der Waals surface area contributed by atoms with Gasteiger partial charge >= 0.3 is 5.97 Å². The van der Waals surface area contributed by atoms with Crippen molar-refractivity contribution in [3.63, 3.8) is 0 Å². The van der Waals surface area contributed by atoms with Crippen LogP contribution in [0.15, 0.2) is 54.2 Å². The maximum atomic E-state index is 13.1. The van der Waals surface area contributed by atoms with Gasteiger partial charge in [0.05, 0.1) is 19.9 Å². The van der Waals surface area contributed by atoms with E-state index >= 15 is 0 Å². The molecule has 7 nitrogen and oxygen atoms in total.